The lowest BCUT2D eigenvalue weighted by atomic mass is 9.95. The highest BCUT2D eigenvalue weighted by Gasteiger charge is 2.26. The standard InChI is InChI=1S/C21H26N2O3S/c1-14-8-10-15(11-9-14)19(24)23-21-18(20(25)22-12-5-13-26-2)16-6-3-4-7-17(16)27-21/h8-11H,3-7,12-13H2,1-2H3,(H,22,25)(H,23,24). The number of anilines is 1. The van der Waals surface area contributed by atoms with Crippen molar-refractivity contribution >= 4 is 28.2 Å². The second-order valence-electron chi connectivity index (χ2n) is 6.84. The van der Waals surface area contributed by atoms with Crippen LogP contribution in [0.15, 0.2) is 24.3 Å². The van der Waals surface area contributed by atoms with Crippen LogP contribution in [-0.2, 0) is 17.6 Å². The lowest BCUT2D eigenvalue weighted by Gasteiger charge is -2.13. The molecule has 1 aromatic heterocycles. The molecule has 1 heterocycles. The number of carbonyl (C=O) groups excluding carboxylic acids is 2. The number of fused-ring (bicyclic) bond motifs is 1. The summed E-state index contributed by atoms with van der Waals surface area (Å²) in [4.78, 5) is 26.7. The van der Waals surface area contributed by atoms with E-state index in [1.807, 2.05) is 31.2 Å². The number of nitrogens with one attached hydrogen (secondary N) is 2. The number of aryl methyl sites for hydroxylation is 2. The zero-order chi connectivity index (χ0) is 19.2. The first-order chi connectivity index (χ1) is 13.1. The Hall–Kier alpha value is -2.18. The van der Waals surface area contributed by atoms with Crippen molar-refractivity contribution in [2.45, 2.75) is 39.0 Å². The van der Waals surface area contributed by atoms with E-state index in [2.05, 4.69) is 10.6 Å². The third-order valence-electron chi connectivity index (χ3n) is 4.75. The van der Waals surface area contributed by atoms with Crippen molar-refractivity contribution in [1.29, 1.82) is 0 Å². The molecule has 1 aliphatic carbocycles. The van der Waals surface area contributed by atoms with Crippen LogP contribution in [0.3, 0.4) is 0 Å². The van der Waals surface area contributed by atoms with Crippen LogP contribution in [0.1, 0.15) is 56.0 Å². The minimum absolute atomic E-state index is 0.107. The van der Waals surface area contributed by atoms with Gasteiger partial charge in [0.1, 0.15) is 5.00 Å². The van der Waals surface area contributed by atoms with Gasteiger partial charge in [0.2, 0.25) is 0 Å². The van der Waals surface area contributed by atoms with Crippen LogP contribution in [0, 0.1) is 6.92 Å². The molecule has 6 heteroatoms. The van der Waals surface area contributed by atoms with Gasteiger partial charge < -0.3 is 15.4 Å². The van der Waals surface area contributed by atoms with E-state index in [-0.39, 0.29) is 11.8 Å². The number of carbonyl (C=O) groups is 2. The second kappa shape index (κ2) is 9.15. The van der Waals surface area contributed by atoms with Gasteiger partial charge in [-0.2, -0.15) is 0 Å². The molecule has 0 spiro atoms. The maximum absolute atomic E-state index is 12.8. The van der Waals surface area contributed by atoms with E-state index in [9.17, 15) is 9.59 Å². The van der Waals surface area contributed by atoms with E-state index < -0.39 is 0 Å². The van der Waals surface area contributed by atoms with Gasteiger partial charge in [-0.05, 0) is 56.7 Å². The first-order valence-electron chi connectivity index (χ1n) is 9.40. The molecule has 0 aliphatic heterocycles. The molecule has 2 N–H and O–H groups in total. The van der Waals surface area contributed by atoms with Crippen LogP contribution < -0.4 is 10.6 Å². The summed E-state index contributed by atoms with van der Waals surface area (Å²) >= 11 is 1.54. The Bertz CT molecular complexity index is 812. The summed E-state index contributed by atoms with van der Waals surface area (Å²) in [7, 11) is 1.65. The third-order valence-corrected chi connectivity index (χ3v) is 5.96. The van der Waals surface area contributed by atoms with E-state index in [0.29, 0.717) is 29.3 Å². The van der Waals surface area contributed by atoms with Gasteiger partial charge in [0.05, 0.1) is 5.56 Å². The van der Waals surface area contributed by atoms with Crippen molar-refractivity contribution in [2.75, 3.05) is 25.6 Å². The molecule has 1 aliphatic rings. The quantitative estimate of drug-likeness (QED) is 0.708. The fraction of sp³-hybridized carbons (Fsp3) is 0.429. The van der Waals surface area contributed by atoms with Gasteiger partial charge in [0, 0.05) is 30.7 Å². The van der Waals surface area contributed by atoms with Gasteiger partial charge in [-0.3, -0.25) is 9.59 Å². The molecule has 0 saturated carbocycles. The van der Waals surface area contributed by atoms with Crippen LogP contribution >= 0.6 is 11.3 Å². The first-order valence-corrected chi connectivity index (χ1v) is 10.2. The Kier molecular flexibility index (Phi) is 6.63. The molecule has 0 fully saturated rings. The van der Waals surface area contributed by atoms with E-state index in [1.165, 1.54) is 4.88 Å². The Morgan fingerprint density at radius 3 is 2.59 bits per heavy atom. The molecule has 5 nitrogen and oxygen atoms in total. The van der Waals surface area contributed by atoms with Gasteiger partial charge in [0.15, 0.2) is 0 Å². The van der Waals surface area contributed by atoms with Crippen molar-refractivity contribution in [3.8, 4) is 0 Å². The smallest absolute Gasteiger partial charge is 0.256 e. The summed E-state index contributed by atoms with van der Waals surface area (Å²) < 4.78 is 5.03. The number of rotatable bonds is 7. The second-order valence-corrected chi connectivity index (χ2v) is 7.94. The van der Waals surface area contributed by atoms with Crippen LogP contribution in [-0.4, -0.2) is 32.1 Å². The molecule has 1 aromatic carbocycles. The van der Waals surface area contributed by atoms with Crippen LogP contribution in [0.25, 0.3) is 0 Å². The predicted molar refractivity (Wildman–Crippen MR) is 109 cm³/mol. The average molecular weight is 387 g/mol. The maximum atomic E-state index is 12.8. The molecular weight excluding hydrogens is 360 g/mol. The molecule has 27 heavy (non-hydrogen) atoms. The molecule has 0 saturated heterocycles. The highest BCUT2D eigenvalue weighted by molar-refractivity contribution is 7.17. The number of benzene rings is 1. The van der Waals surface area contributed by atoms with Crippen LogP contribution in [0.5, 0.6) is 0 Å². The molecule has 0 unspecified atom stereocenters. The van der Waals surface area contributed by atoms with Crippen LogP contribution in [0.2, 0.25) is 0 Å². The minimum atomic E-state index is -0.179. The fourth-order valence-corrected chi connectivity index (χ4v) is 4.56. The molecule has 3 rings (SSSR count). The molecule has 2 amide bonds. The highest BCUT2D eigenvalue weighted by Crippen LogP contribution is 2.38. The summed E-state index contributed by atoms with van der Waals surface area (Å²) in [6.45, 7) is 3.16. The number of ether oxygens (including phenoxy) is 1. The van der Waals surface area contributed by atoms with Crippen molar-refractivity contribution in [2.24, 2.45) is 0 Å². The predicted octanol–water partition coefficient (Wildman–Crippen LogP) is 3.95. The minimum Gasteiger partial charge on any atom is -0.385 e. The summed E-state index contributed by atoms with van der Waals surface area (Å²) in [6, 6.07) is 7.45. The van der Waals surface area contributed by atoms with Crippen LogP contribution in [0.4, 0.5) is 5.00 Å². The molecule has 0 atom stereocenters. The van der Waals surface area contributed by atoms with Gasteiger partial charge >= 0.3 is 0 Å². The lowest BCUT2D eigenvalue weighted by molar-refractivity contribution is 0.0948. The Balaban J connectivity index is 1.81. The summed E-state index contributed by atoms with van der Waals surface area (Å²) in [5.74, 6) is -0.285. The van der Waals surface area contributed by atoms with Gasteiger partial charge in [-0.1, -0.05) is 17.7 Å². The van der Waals surface area contributed by atoms with E-state index in [1.54, 1.807) is 18.4 Å². The molecule has 2 aromatic rings. The first kappa shape index (κ1) is 19.6. The fourth-order valence-electron chi connectivity index (χ4n) is 3.28. The zero-order valence-corrected chi connectivity index (χ0v) is 16.7. The van der Waals surface area contributed by atoms with Crippen molar-refractivity contribution in [1.82, 2.24) is 5.32 Å². The molecular formula is C21H26N2O3S. The van der Waals surface area contributed by atoms with Crippen molar-refractivity contribution in [3.05, 3.63) is 51.4 Å². The normalized spacial score (nSPS) is 13.1. The Morgan fingerprint density at radius 2 is 1.85 bits per heavy atom. The average Bonchev–Trinajstić information content (AvgIpc) is 3.03. The molecule has 0 bridgehead atoms. The number of methoxy groups -OCH3 is 1. The van der Waals surface area contributed by atoms with E-state index >= 15 is 0 Å². The monoisotopic (exact) mass is 386 g/mol. The van der Waals surface area contributed by atoms with Gasteiger partial charge in [-0.25, -0.2) is 0 Å². The number of amides is 2. The van der Waals surface area contributed by atoms with E-state index in [0.717, 1.165) is 43.2 Å². The van der Waals surface area contributed by atoms with Gasteiger partial charge in [0.25, 0.3) is 11.8 Å². The number of thiophene rings is 1. The topological polar surface area (TPSA) is 67.4 Å². The SMILES string of the molecule is COCCCNC(=O)c1c(NC(=O)c2ccc(C)cc2)sc2c1CCCC2. The highest BCUT2D eigenvalue weighted by atomic mass is 32.1. The van der Waals surface area contributed by atoms with Crippen molar-refractivity contribution in [3.63, 3.8) is 0 Å². The molecule has 144 valence electrons. The van der Waals surface area contributed by atoms with Crippen molar-refractivity contribution < 1.29 is 14.3 Å². The number of hydrogen-bond donors (Lipinski definition) is 2. The van der Waals surface area contributed by atoms with Gasteiger partial charge in [-0.15, -0.1) is 11.3 Å². The Morgan fingerprint density at radius 1 is 1.11 bits per heavy atom. The maximum Gasteiger partial charge on any atom is 0.256 e. The Labute approximate surface area is 164 Å². The largest absolute Gasteiger partial charge is 0.385 e. The zero-order valence-electron chi connectivity index (χ0n) is 15.9. The summed E-state index contributed by atoms with van der Waals surface area (Å²) in [6.07, 6.45) is 4.85. The van der Waals surface area contributed by atoms with E-state index in [4.69, 9.17) is 4.74 Å². The summed E-state index contributed by atoms with van der Waals surface area (Å²) in [5.41, 5.74) is 3.45. The lowest BCUT2D eigenvalue weighted by Crippen LogP contribution is -2.27. The molecule has 0 radical (unpaired) electrons. The number of hydrogen-bond acceptors (Lipinski definition) is 4. The summed E-state index contributed by atoms with van der Waals surface area (Å²) in [5, 5.41) is 6.61. The third kappa shape index (κ3) is 4.76.